The number of fused-ring (bicyclic) bond motifs is 18. The fourth-order valence-corrected chi connectivity index (χ4v) is 14.7. The molecule has 0 aliphatic carbocycles. The molecule has 8 nitrogen and oxygen atoms in total. The SMILES string of the molecule is [C-]#[N+]c1c(C#N)c(-n2c3ccccc3c3cc4oc5ccccc5c4cc32)c(-n2c3ccccc3c3cc(-c4ccccc4)ccc32)c(-n2c3ccccc3c3cc(-c4ccccc4)ccc32)c1-n1c2ccccc2c2cc3oc4ccccc4c3cc21. The Morgan fingerprint density at radius 2 is 0.614 bits per heavy atom. The molecule has 406 valence electrons. The third-order valence-corrected chi connectivity index (χ3v) is 18.4. The van der Waals surface area contributed by atoms with Crippen LogP contribution < -0.4 is 0 Å². The van der Waals surface area contributed by atoms with E-state index in [9.17, 15) is 11.8 Å². The second kappa shape index (κ2) is 18.1. The van der Waals surface area contributed by atoms with Gasteiger partial charge in [0.2, 0.25) is 5.69 Å². The summed E-state index contributed by atoms with van der Waals surface area (Å²) in [7, 11) is 0. The van der Waals surface area contributed by atoms with Gasteiger partial charge in [-0.1, -0.05) is 182 Å². The predicted molar refractivity (Wildman–Crippen MR) is 360 cm³/mol. The summed E-state index contributed by atoms with van der Waals surface area (Å²) in [5, 5.41) is 24.6. The zero-order valence-corrected chi connectivity index (χ0v) is 46.9. The maximum absolute atomic E-state index is 12.7. The maximum Gasteiger partial charge on any atom is 0.232 e. The van der Waals surface area contributed by atoms with Gasteiger partial charge < -0.3 is 27.1 Å². The molecule has 6 aromatic heterocycles. The molecule has 6 heterocycles. The Kier molecular flexibility index (Phi) is 9.87. The van der Waals surface area contributed by atoms with E-state index in [1.54, 1.807) is 0 Å². The van der Waals surface area contributed by atoms with E-state index >= 15 is 0 Å². The number of nitrogens with zero attached hydrogens (tertiary/aromatic N) is 6. The van der Waals surface area contributed by atoms with Crippen molar-refractivity contribution in [3.8, 4) is 51.1 Å². The van der Waals surface area contributed by atoms with Crippen LogP contribution in [0.3, 0.4) is 0 Å². The summed E-state index contributed by atoms with van der Waals surface area (Å²) < 4.78 is 22.7. The number of nitriles is 1. The highest BCUT2D eigenvalue weighted by Gasteiger charge is 2.35. The Balaban J connectivity index is 1.10. The van der Waals surface area contributed by atoms with E-state index in [1.807, 2.05) is 36.4 Å². The van der Waals surface area contributed by atoms with Crippen LogP contribution in [-0.2, 0) is 0 Å². The minimum Gasteiger partial charge on any atom is -0.456 e. The molecule has 0 aliphatic rings. The molecule has 19 rings (SSSR count). The van der Waals surface area contributed by atoms with Crippen LogP contribution in [0.4, 0.5) is 5.69 Å². The maximum atomic E-state index is 12.7. The topological polar surface area (TPSA) is 74.2 Å². The van der Waals surface area contributed by atoms with Crippen LogP contribution in [0.1, 0.15) is 5.56 Å². The van der Waals surface area contributed by atoms with Crippen LogP contribution in [0, 0.1) is 17.9 Å². The highest BCUT2D eigenvalue weighted by Crippen LogP contribution is 2.53. The van der Waals surface area contributed by atoms with Crippen molar-refractivity contribution < 1.29 is 8.83 Å². The molecule has 88 heavy (non-hydrogen) atoms. The molecule has 0 amide bonds. The van der Waals surface area contributed by atoms with E-state index in [1.165, 1.54) is 0 Å². The van der Waals surface area contributed by atoms with E-state index in [0.717, 1.165) is 153 Å². The van der Waals surface area contributed by atoms with E-state index in [4.69, 9.17) is 13.7 Å². The summed E-state index contributed by atoms with van der Waals surface area (Å²) in [6, 6.07) is 96.7. The van der Waals surface area contributed by atoms with Crippen molar-refractivity contribution >= 4 is 137 Å². The van der Waals surface area contributed by atoms with Crippen LogP contribution >= 0.6 is 0 Å². The fourth-order valence-electron chi connectivity index (χ4n) is 14.7. The van der Waals surface area contributed by atoms with Crippen molar-refractivity contribution in [3.05, 3.63) is 284 Å². The molecule has 0 fully saturated rings. The van der Waals surface area contributed by atoms with Crippen LogP contribution in [0.15, 0.2) is 276 Å². The molecule has 0 saturated heterocycles. The second-order valence-electron chi connectivity index (χ2n) is 22.9. The lowest BCUT2D eigenvalue weighted by atomic mass is 10.0. The molecule has 0 bridgehead atoms. The first-order chi connectivity index (χ1) is 43.6. The van der Waals surface area contributed by atoms with Gasteiger partial charge in [0.05, 0.1) is 85.1 Å². The molecular weight excluding hydrogens is 1080 g/mol. The third-order valence-electron chi connectivity index (χ3n) is 18.4. The Morgan fingerprint density at radius 1 is 0.273 bits per heavy atom. The fraction of sp³-hybridized carbons (Fsp3) is 0. The van der Waals surface area contributed by atoms with Gasteiger partial charge in [0.25, 0.3) is 0 Å². The number of hydrogen-bond donors (Lipinski definition) is 0. The zero-order chi connectivity index (χ0) is 57.9. The van der Waals surface area contributed by atoms with Gasteiger partial charge in [0, 0.05) is 64.6 Å². The van der Waals surface area contributed by atoms with E-state index < -0.39 is 0 Å². The smallest absolute Gasteiger partial charge is 0.232 e. The van der Waals surface area contributed by atoms with Crippen molar-refractivity contribution in [2.75, 3.05) is 0 Å². The number of para-hydroxylation sites is 6. The van der Waals surface area contributed by atoms with Gasteiger partial charge in [-0.3, -0.25) is 0 Å². The van der Waals surface area contributed by atoms with Crippen molar-refractivity contribution in [1.29, 1.82) is 5.26 Å². The highest BCUT2D eigenvalue weighted by atomic mass is 16.3. The third kappa shape index (κ3) is 6.55. The number of hydrogen-bond acceptors (Lipinski definition) is 3. The van der Waals surface area contributed by atoms with E-state index in [0.29, 0.717) is 22.7 Å². The van der Waals surface area contributed by atoms with E-state index in [-0.39, 0.29) is 11.3 Å². The first kappa shape index (κ1) is 48.1. The lowest BCUT2D eigenvalue weighted by molar-refractivity contribution is 0.669. The van der Waals surface area contributed by atoms with Crippen LogP contribution in [0.25, 0.3) is 181 Å². The molecule has 19 aromatic rings. The van der Waals surface area contributed by atoms with Crippen LogP contribution in [0.2, 0.25) is 0 Å². The average Bonchev–Trinajstić information content (AvgIpc) is 1.48. The number of rotatable bonds is 6. The van der Waals surface area contributed by atoms with Gasteiger partial charge in [-0.2, -0.15) is 5.26 Å². The van der Waals surface area contributed by atoms with Crippen molar-refractivity contribution in [3.63, 3.8) is 0 Å². The summed E-state index contributed by atoms with van der Waals surface area (Å²) in [5.41, 5.74) is 17.7. The molecular formula is C80H44N6O2. The van der Waals surface area contributed by atoms with Gasteiger partial charge in [0.15, 0.2) is 0 Å². The average molecular weight is 1120 g/mol. The molecule has 8 heteroatoms. The first-order valence-electron chi connectivity index (χ1n) is 29.5. The molecule has 0 saturated carbocycles. The lowest BCUT2D eigenvalue weighted by Gasteiger charge is -2.28. The number of aromatic nitrogens is 4. The quantitative estimate of drug-likeness (QED) is 0.156. The zero-order valence-electron chi connectivity index (χ0n) is 46.9. The standard InChI is InChI=1S/C80H44N6O2/c1-82-76-63(46-81)77(85-66-32-16-10-26-53(66)59-44-74-61(42-70(59)85)55-28-12-18-34-72(55)87-74)79(83-64-30-14-8-24-51(64)57-40-49(36-38-68(57)83)47-20-4-2-5-21-47)80(84-65-31-15-9-25-52(65)58-41-50(37-39-69(58)84)48-22-6-3-7-23-48)78(76)86-67-33-17-11-27-54(67)60-45-75-62(43-71(60)86)56-29-13-19-35-73(56)88-75/h2-45H. The molecule has 0 radical (unpaired) electrons. The molecule has 13 aromatic carbocycles. The number of benzene rings is 13. The van der Waals surface area contributed by atoms with Crippen molar-refractivity contribution in [2.45, 2.75) is 0 Å². The van der Waals surface area contributed by atoms with Gasteiger partial charge >= 0.3 is 0 Å². The summed E-state index contributed by atoms with van der Waals surface area (Å²) >= 11 is 0. The Bertz CT molecular complexity index is 5940. The Hall–Kier alpha value is -12.4. The van der Waals surface area contributed by atoms with Crippen molar-refractivity contribution in [2.24, 2.45) is 0 Å². The minimum atomic E-state index is 0.204. The van der Waals surface area contributed by atoms with E-state index in [2.05, 4.69) is 255 Å². The molecule has 0 atom stereocenters. The Labute approximate surface area is 501 Å². The largest absolute Gasteiger partial charge is 0.456 e. The molecule has 0 spiro atoms. The van der Waals surface area contributed by atoms with Gasteiger partial charge in [-0.25, -0.2) is 4.85 Å². The van der Waals surface area contributed by atoms with Crippen molar-refractivity contribution in [1.82, 2.24) is 18.3 Å². The van der Waals surface area contributed by atoms with Gasteiger partial charge in [-0.05, 0) is 107 Å². The van der Waals surface area contributed by atoms with Crippen LogP contribution in [-0.4, -0.2) is 18.3 Å². The minimum absolute atomic E-state index is 0.204. The molecule has 0 N–H and O–H groups in total. The monoisotopic (exact) mass is 1120 g/mol. The lowest BCUT2D eigenvalue weighted by Crippen LogP contribution is -2.15. The number of furan rings is 2. The predicted octanol–water partition coefficient (Wildman–Crippen LogP) is 21.6. The second-order valence-corrected chi connectivity index (χ2v) is 22.9. The normalized spacial score (nSPS) is 12.1. The molecule has 0 aliphatic heterocycles. The van der Waals surface area contributed by atoms with Crippen LogP contribution in [0.5, 0.6) is 0 Å². The molecule has 0 unspecified atom stereocenters. The summed E-state index contributed by atoms with van der Waals surface area (Å²) in [6.07, 6.45) is 0. The Morgan fingerprint density at radius 3 is 1.03 bits per heavy atom. The summed E-state index contributed by atoms with van der Waals surface area (Å²) in [5.74, 6) is 0. The first-order valence-corrected chi connectivity index (χ1v) is 29.5. The highest BCUT2D eigenvalue weighted by molar-refractivity contribution is 6.22. The van der Waals surface area contributed by atoms with Gasteiger partial charge in [0.1, 0.15) is 22.3 Å². The van der Waals surface area contributed by atoms with Gasteiger partial charge in [-0.15, -0.1) is 0 Å². The summed E-state index contributed by atoms with van der Waals surface area (Å²) in [6.45, 7) is 9.88. The summed E-state index contributed by atoms with van der Waals surface area (Å²) in [4.78, 5) is 4.74.